The molecule has 31 heavy (non-hydrogen) atoms. The molecular weight excluding hydrogens is 412 g/mol. The van der Waals surface area contributed by atoms with E-state index >= 15 is 0 Å². The topological polar surface area (TPSA) is 175 Å². The number of aliphatic carboxylic acids is 1. The van der Waals surface area contributed by atoms with Crippen molar-refractivity contribution in [3.05, 3.63) is 64.8 Å². The molecule has 0 bridgehead atoms. The van der Waals surface area contributed by atoms with Crippen molar-refractivity contribution in [1.29, 1.82) is 0 Å². The van der Waals surface area contributed by atoms with E-state index < -0.39 is 36.4 Å². The van der Waals surface area contributed by atoms with Gasteiger partial charge in [-0.25, -0.2) is 9.59 Å². The van der Waals surface area contributed by atoms with Crippen molar-refractivity contribution in [3.8, 4) is 17.1 Å². The van der Waals surface area contributed by atoms with Crippen molar-refractivity contribution >= 4 is 22.9 Å². The molecule has 2 aromatic carbocycles. The van der Waals surface area contributed by atoms with Crippen LogP contribution in [0.25, 0.3) is 22.3 Å². The molecule has 0 saturated heterocycles. The van der Waals surface area contributed by atoms with E-state index in [-0.39, 0.29) is 27.9 Å². The Morgan fingerprint density at radius 1 is 0.871 bits per heavy atom. The molecule has 10 heteroatoms. The van der Waals surface area contributed by atoms with Crippen LogP contribution in [0, 0.1) is 0 Å². The maximum absolute atomic E-state index is 12.4. The fourth-order valence-electron chi connectivity index (χ4n) is 2.78. The summed E-state index contributed by atoms with van der Waals surface area (Å²) in [6.45, 7) is 0. The van der Waals surface area contributed by atoms with E-state index in [1.165, 1.54) is 24.3 Å². The van der Waals surface area contributed by atoms with Gasteiger partial charge in [-0.05, 0) is 12.1 Å². The lowest BCUT2D eigenvalue weighted by molar-refractivity contribution is -0.171. The molecule has 0 aliphatic rings. The van der Waals surface area contributed by atoms with Crippen molar-refractivity contribution in [2.45, 2.75) is 24.4 Å². The lowest BCUT2D eigenvalue weighted by atomic mass is 10.0. The zero-order chi connectivity index (χ0) is 22.7. The highest BCUT2D eigenvalue weighted by Crippen LogP contribution is 2.25. The summed E-state index contributed by atoms with van der Waals surface area (Å²) in [6.07, 6.45) is -9.46. The number of carboxylic acid groups (broad SMARTS) is 1. The summed E-state index contributed by atoms with van der Waals surface area (Å²) in [7, 11) is 0. The van der Waals surface area contributed by atoms with Gasteiger partial charge in [0.15, 0.2) is 17.6 Å². The number of carboxylic acids is 1. The van der Waals surface area contributed by atoms with Crippen LogP contribution in [-0.4, -0.2) is 61.9 Å². The monoisotopic (exact) mass is 430 g/mol. The van der Waals surface area contributed by atoms with Crippen LogP contribution in [-0.2, 0) is 9.59 Å². The Bertz CT molecular complexity index is 1150. The predicted octanol–water partition coefficient (Wildman–Crippen LogP) is -0.106. The highest BCUT2D eigenvalue weighted by atomic mass is 16.6. The molecule has 0 aliphatic heterocycles. The quantitative estimate of drug-likeness (QED) is 0.251. The van der Waals surface area contributed by atoms with E-state index in [9.17, 15) is 34.8 Å². The maximum Gasteiger partial charge on any atom is 0.343 e. The van der Waals surface area contributed by atoms with Gasteiger partial charge in [0.25, 0.3) is 0 Å². The number of aliphatic hydroxyl groups is 4. The second kappa shape index (κ2) is 9.06. The highest BCUT2D eigenvalue weighted by Gasteiger charge is 2.38. The molecule has 0 saturated carbocycles. The largest absolute Gasteiger partial charge is 0.479 e. The fraction of sp³-hybridized carbons (Fsp3) is 0.190. The van der Waals surface area contributed by atoms with Gasteiger partial charge in [0.05, 0.1) is 5.39 Å². The number of hydrogen-bond acceptors (Lipinski definition) is 9. The number of carbonyl (C=O) groups is 2. The van der Waals surface area contributed by atoms with Gasteiger partial charge in [0.2, 0.25) is 0 Å². The second-order valence-corrected chi connectivity index (χ2v) is 6.63. The third-order valence-corrected chi connectivity index (χ3v) is 4.47. The summed E-state index contributed by atoms with van der Waals surface area (Å²) >= 11 is 0. The number of benzene rings is 2. The van der Waals surface area contributed by atoms with Crippen molar-refractivity contribution in [1.82, 2.24) is 0 Å². The first kappa shape index (κ1) is 22.1. The van der Waals surface area contributed by atoms with Crippen LogP contribution >= 0.6 is 0 Å². The Morgan fingerprint density at radius 2 is 1.52 bits per heavy atom. The Balaban J connectivity index is 1.83. The molecule has 3 rings (SSSR count). The van der Waals surface area contributed by atoms with Crippen LogP contribution in [0.2, 0.25) is 0 Å². The zero-order valence-corrected chi connectivity index (χ0v) is 15.8. The summed E-state index contributed by atoms with van der Waals surface area (Å²) in [5, 5.41) is 47.2. The molecule has 0 spiro atoms. The van der Waals surface area contributed by atoms with Crippen LogP contribution < -0.4 is 10.2 Å². The van der Waals surface area contributed by atoms with Gasteiger partial charge >= 0.3 is 11.9 Å². The summed E-state index contributed by atoms with van der Waals surface area (Å²) in [5.41, 5.74) is 0.403. The summed E-state index contributed by atoms with van der Waals surface area (Å²) in [6, 6.07) is 13.9. The van der Waals surface area contributed by atoms with Crippen LogP contribution in [0.4, 0.5) is 0 Å². The molecule has 0 unspecified atom stereocenters. The standard InChI is InChI=1S/C21H18O10/c22-13-9-14(10-4-2-1-3-5-10)31-15-8-11(6-7-12(13)15)30-21(29)19(26)17(24)16(23)18(25)20(27)28/h1-9,16-19,23-26H,(H,27,28)/t16-,17-,18-,19+/m0/s1. The lowest BCUT2D eigenvalue weighted by Gasteiger charge is -2.23. The van der Waals surface area contributed by atoms with Gasteiger partial charge in [-0.3, -0.25) is 4.79 Å². The van der Waals surface area contributed by atoms with E-state index in [4.69, 9.17) is 14.3 Å². The molecular formula is C21H18O10. The first-order chi connectivity index (χ1) is 14.7. The number of hydrogen-bond donors (Lipinski definition) is 5. The van der Waals surface area contributed by atoms with E-state index in [1.54, 1.807) is 30.3 Å². The number of fused-ring (bicyclic) bond motifs is 1. The van der Waals surface area contributed by atoms with E-state index in [0.29, 0.717) is 5.56 Å². The Hall–Kier alpha value is -3.57. The second-order valence-electron chi connectivity index (χ2n) is 6.63. The number of rotatable bonds is 7. The lowest BCUT2D eigenvalue weighted by Crippen LogP contribution is -2.50. The average Bonchev–Trinajstić information content (AvgIpc) is 2.77. The number of ether oxygens (including phenoxy) is 1. The van der Waals surface area contributed by atoms with Gasteiger partial charge in [0, 0.05) is 17.7 Å². The smallest absolute Gasteiger partial charge is 0.343 e. The van der Waals surface area contributed by atoms with Crippen molar-refractivity contribution in [3.63, 3.8) is 0 Å². The minimum Gasteiger partial charge on any atom is -0.479 e. The third-order valence-electron chi connectivity index (χ3n) is 4.47. The SMILES string of the molecule is O=C(O)[C@@H](O)[C@@H](O)[C@H](O)[C@@H](O)C(=O)Oc1ccc2c(=O)cc(-c3ccccc3)oc2c1. The van der Waals surface area contributed by atoms with Crippen molar-refractivity contribution < 1.29 is 44.3 Å². The number of carbonyl (C=O) groups excluding carboxylic acids is 1. The minimum absolute atomic E-state index is 0.0908. The van der Waals surface area contributed by atoms with Crippen LogP contribution in [0.5, 0.6) is 5.75 Å². The Morgan fingerprint density at radius 3 is 2.16 bits per heavy atom. The Labute approximate surface area is 174 Å². The predicted molar refractivity (Wildman–Crippen MR) is 105 cm³/mol. The minimum atomic E-state index is -2.43. The van der Waals surface area contributed by atoms with Crippen LogP contribution in [0.1, 0.15) is 0 Å². The summed E-state index contributed by atoms with van der Waals surface area (Å²) < 4.78 is 10.6. The molecule has 1 aromatic heterocycles. The molecule has 0 amide bonds. The molecule has 162 valence electrons. The molecule has 1 heterocycles. The average molecular weight is 430 g/mol. The van der Waals surface area contributed by atoms with Crippen molar-refractivity contribution in [2.24, 2.45) is 0 Å². The molecule has 0 radical (unpaired) electrons. The van der Waals surface area contributed by atoms with E-state index in [2.05, 4.69) is 0 Å². The molecule has 0 fully saturated rings. The Kier molecular flexibility index (Phi) is 6.47. The maximum atomic E-state index is 12.4. The molecule has 10 nitrogen and oxygen atoms in total. The van der Waals surface area contributed by atoms with Gasteiger partial charge in [0.1, 0.15) is 29.3 Å². The first-order valence-corrected chi connectivity index (χ1v) is 8.99. The normalized spacial score (nSPS) is 15.1. The zero-order valence-electron chi connectivity index (χ0n) is 15.8. The summed E-state index contributed by atoms with van der Waals surface area (Å²) in [5.74, 6) is -3.15. The first-order valence-electron chi connectivity index (χ1n) is 8.99. The highest BCUT2D eigenvalue weighted by molar-refractivity contribution is 5.83. The van der Waals surface area contributed by atoms with Gasteiger partial charge in [-0.1, -0.05) is 30.3 Å². The van der Waals surface area contributed by atoms with Crippen LogP contribution in [0.3, 0.4) is 0 Å². The number of aliphatic hydroxyl groups excluding tert-OH is 4. The van der Waals surface area contributed by atoms with Gasteiger partial charge in [-0.15, -0.1) is 0 Å². The third kappa shape index (κ3) is 4.78. The fourth-order valence-corrected chi connectivity index (χ4v) is 2.78. The summed E-state index contributed by atoms with van der Waals surface area (Å²) in [4.78, 5) is 35.1. The molecule has 4 atom stereocenters. The van der Waals surface area contributed by atoms with Crippen LogP contribution in [0.15, 0.2) is 63.8 Å². The van der Waals surface area contributed by atoms with Gasteiger partial charge < -0.3 is 34.7 Å². The molecule has 5 N–H and O–H groups in total. The molecule has 0 aliphatic carbocycles. The van der Waals surface area contributed by atoms with E-state index in [1.807, 2.05) is 0 Å². The van der Waals surface area contributed by atoms with E-state index in [0.717, 1.165) is 0 Å². The van der Waals surface area contributed by atoms with Gasteiger partial charge in [-0.2, -0.15) is 0 Å². The number of esters is 1. The molecule has 3 aromatic rings. The van der Waals surface area contributed by atoms with Crippen molar-refractivity contribution in [2.75, 3.05) is 0 Å².